The molecule has 192 valence electrons. The van der Waals surface area contributed by atoms with E-state index in [-0.39, 0.29) is 18.6 Å². The number of halogens is 1. The van der Waals surface area contributed by atoms with E-state index in [4.69, 9.17) is 15.2 Å². The number of aliphatic hydroxyl groups is 1. The summed E-state index contributed by atoms with van der Waals surface area (Å²) >= 11 is 0. The molecule has 0 amide bonds. The minimum absolute atomic E-state index is 0.206. The molecule has 1 aliphatic rings. The van der Waals surface area contributed by atoms with E-state index in [0.717, 1.165) is 27.8 Å². The van der Waals surface area contributed by atoms with Crippen LogP contribution < -0.4 is 15.2 Å². The second-order valence-electron chi connectivity index (χ2n) is 9.38. The van der Waals surface area contributed by atoms with Gasteiger partial charge in [0, 0.05) is 53.6 Å². The summed E-state index contributed by atoms with van der Waals surface area (Å²) in [5.74, 6) is 1.97. The van der Waals surface area contributed by atoms with E-state index in [1.165, 1.54) is 18.5 Å². The Labute approximate surface area is 217 Å². The van der Waals surface area contributed by atoms with Crippen molar-refractivity contribution < 1.29 is 19.0 Å². The molecular weight excluding hydrogens is 487 g/mol. The highest BCUT2D eigenvalue weighted by Crippen LogP contribution is 2.41. The maximum atomic E-state index is 14.3. The van der Waals surface area contributed by atoms with Gasteiger partial charge in [0.05, 0.1) is 11.6 Å². The molecule has 9 nitrogen and oxygen atoms in total. The maximum absolute atomic E-state index is 14.3. The van der Waals surface area contributed by atoms with E-state index in [2.05, 4.69) is 19.9 Å². The lowest BCUT2D eigenvalue weighted by atomic mass is 9.78. The molecule has 0 atom stereocenters. The number of ether oxygens (including phenoxy) is 2. The predicted molar refractivity (Wildman–Crippen MR) is 139 cm³/mol. The Bertz CT molecular complexity index is 1600. The quantitative estimate of drug-likeness (QED) is 0.317. The van der Waals surface area contributed by atoms with Crippen LogP contribution in [0.1, 0.15) is 35.7 Å². The van der Waals surface area contributed by atoms with Crippen LogP contribution in [0.25, 0.3) is 16.7 Å². The van der Waals surface area contributed by atoms with E-state index in [1.54, 1.807) is 37.5 Å². The monoisotopic (exact) mass is 512 g/mol. The highest BCUT2D eigenvalue weighted by atomic mass is 19.1. The maximum Gasteiger partial charge on any atom is 0.151 e. The normalized spacial score (nSPS) is 16.8. The Morgan fingerprint density at radius 1 is 1.00 bits per heavy atom. The topological polar surface area (TPSA) is 121 Å². The molecule has 3 N–H and O–H groups in total. The lowest BCUT2D eigenvalue weighted by molar-refractivity contribution is 0.0750. The van der Waals surface area contributed by atoms with Crippen molar-refractivity contribution >= 4 is 16.9 Å². The molecule has 1 fully saturated rings. The zero-order valence-corrected chi connectivity index (χ0v) is 20.6. The number of nitrogens with two attached hydrogens (primary N) is 1. The van der Waals surface area contributed by atoms with Crippen molar-refractivity contribution in [3.8, 4) is 22.9 Å². The fourth-order valence-electron chi connectivity index (χ4n) is 4.60. The van der Waals surface area contributed by atoms with Gasteiger partial charge in [0.15, 0.2) is 5.82 Å². The van der Waals surface area contributed by atoms with Gasteiger partial charge in [0.2, 0.25) is 0 Å². The van der Waals surface area contributed by atoms with Crippen LogP contribution in [0, 0.1) is 12.7 Å². The molecule has 2 aromatic carbocycles. The number of rotatable bonds is 7. The molecule has 10 heteroatoms. The Kier molecular flexibility index (Phi) is 6.09. The van der Waals surface area contributed by atoms with Crippen LogP contribution in [-0.4, -0.2) is 35.7 Å². The number of aliphatic hydroxyl groups excluding tert-OH is 1. The lowest BCUT2D eigenvalue weighted by Gasteiger charge is -2.30. The molecule has 3 heterocycles. The summed E-state index contributed by atoms with van der Waals surface area (Å²) < 4.78 is 27.9. The molecule has 3 aromatic heterocycles. The average molecular weight is 513 g/mol. The minimum atomic E-state index is -0.475. The van der Waals surface area contributed by atoms with Gasteiger partial charge in [-0.3, -0.25) is 0 Å². The first-order valence-electron chi connectivity index (χ1n) is 12.2. The molecular formula is C28H25FN6O3. The van der Waals surface area contributed by atoms with Crippen LogP contribution in [-0.2, 0) is 6.61 Å². The number of aryl methyl sites for hydroxylation is 1. The SMILES string of the molecule is Cc1ncc(COc2cc(F)cc(Oc3ccc(-n4cc(C5CC(O)C5)c5ncnc(N)c54)cc3)c2)cn1. The van der Waals surface area contributed by atoms with Crippen LogP contribution >= 0.6 is 0 Å². The fourth-order valence-corrected chi connectivity index (χ4v) is 4.60. The number of nitrogens with zero attached hydrogens (tertiary/aromatic N) is 5. The van der Waals surface area contributed by atoms with Gasteiger partial charge in [-0.05, 0) is 49.9 Å². The van der Waals surface area contributed by atoms with Crippen LogP contribution in [0.4, 0.5) is 10.2 Å². The third-order valence-electron chi connectivity index (χ3n) is 6.62. The summed E-state index contributed by atoms with van der Waals surface area (Å²) in [6.07, 6.45) is 7.95. The average Bonchev–Trinajstić information content (AvgIpc) is 3.27. The summed E-state index contributed by atoms with van der Waals surface area (Å²) in [4.78, 5) is 16.9. The summed E-state index contributed by atoms with van der Waals surface area (Å²) in [7, 11) is 0. The van der Waals surface area contributed by atoms with Gasteiger partial charge in [0.25, 0.3) is 0 Å². The van der Waals surface area contributed by atoms with Gasteiger partial charge in [-0.1, -0.05) is 0 Å². The Morgan fingerprint density at radius 3 is 2.47 bits per heavy atom. The number of anilines is 1. The Balaban J connectivity index is 1.22. The third kappa shape index (κ3) is 4.73. The number of aromatic nitrogens is 5. The van der Waals surface area contributed by atoms with Gasteiger partial charge in [-0.2, -0.15) is 0 Å². The molecule has 38 heavy (non-hydrogen) atoms. The number of nitrogen functional groups attached to an aromatic ring is 1. The number of hydrogen-bond acceptors (Lipinski definition) is 8. The van der Waals surface area contributed by atoms with Crippen molar-refractivity contribution in [2.45, 2.75) is 38.4 Å². The first-order chi connectivity index (χ1) is 18.4. The zero-order chi connectivity index (χ0) is 26.2. The number of fused-ring (bicyclic) bond motifs is 1. The van der Waals surface area contributed by atoms with Crippen LogP contribution in [0.5, 0.6) is 17.2 Å². The van der Waals surface area contributed by atoms with Gasteiger partial charge >= 0.3 is 0 Å². The first kappa shape index (κ1) is 23.8. The molecule has 6 rings (SSSR count). The number of benzene rings is 2. The zero-order valence-electron chi connectivity index (χ0n) is 20.6. The summed E-state index contributed by atoms with van der Waals surface area (Å²) in [5.41, 5.74) is 10.4. The highest BCUT2D eigenvalue weighted by Gasteiger charge is 2.32. The van der Waals surface area contributed by atoms with E-state index < -0.39 is 5.82 Å². The lowest BCUT2D eigenvalue weighted by Crippen LogP contribution is -2.26. The molecule has 0 aliphatic heterocycles. The molecule has 0 saturated heterocycles. The van der Waals surface area contributed by atoms with Gasteiger partial charge in [-0.25, -0.2) is 24.3 Å². The van der Waals surface area contributed by atoms with Crippen molar-refractivity contribution in [1.82, 2.24) is 24.5 Å². The smallest absolute Gasteiger partial charge is 0.151 e. The first-order valence-corrected chi connectivity index (χ1v) is 12.2. The Hall–Kier alpha value is -4.57. The Morgan fingerprint density at radius 2 is 1.74 bits per heavy atom. The van der Waals surface area contributed by atoms with E-state index in [0.29, 0.717) is 41.7 Å². The van der Waals surface area contributed by atoms with Crippen molar-refractivity contribution in [3.05, 3.63) is 90.2 Å². The minimum Gasteiger partial charge on any atom is -0.489 e. The molecule has 0 unspecified atom stereocenters. The van der Waals surface area contributed by atoms with E-state index in [1.807, 2.05) is 22.9 Å². The van der Waals surface area contributed by atoms with Gasteiger partial charge in [0.1, 0.15) is 47.3 Å². The summed E-state index contributed by atoms with van der Waals surface area (Å²) in [6, 6.07) is 11.6. The third-order valence-corrected chi connectivity index (χ3v) is 6.62. The van der Waals surface area contributed by atoms with Crippen molar-refractivity contribution in [3.63, 3.8) is 0 Å². The number of hydrogen-bond donors (Lipinski definition) is 2. The molecule has 0 spiro atoms. The molecule has 5 aromatic rings. The second-order valence-corrected chi connectivity index (χ2v) is 9.38. The van der Waals surface area contributed by atoms with Gasteiger partial charge < -0.3 is 24.9 Å². The standard InChI is InChI=1S/C28H25FN6O3/c1-16-31-11-17(12-32-16)14-37-23-8-19(29)9-24(10-23)38-22-4-2-20(3-5-22)35-13-25(18-6-21(36)7-18)26-27(35)28(30)34-15-33-26/h2-5,8-13,15,18,21,36H,6-7,14H2,1H3,(H2,30,33,34). The van der Waals surface area contributed by atoms with Crippen molar-refractivity contribution in [1.29, 1.82) is 0 Å². The molecule has 1 saturated carbocycles. The van der Waals surface area contributed by atoms with Crippen LogP contribution in [0.2, 0.25) is 0 Å². The largest absolute Gasteiger partial charge is 0.489 e. The van der Waals surface area contributed by atoms with Crippen molar-refractivity contribution in [2.24, 2.45) is 0 Å². The van der Waals surface area contributed by atoms with Crippen LogP contribution in [0.3, 0.4) is 0 Å². The fraction of sp³-hybridized carbons (Fsp3) is 0.214. The van der Waals surface area contributed by atoms with E-state index >= 15 is 0 Å². The predicted octanol–water partition coefficient (Wildman–Crippen LogP) is 4.85. The van der Waals surface area contributed by atoms with E-state index in [9.17, 15) is 9.50 Å². The summed E-state index contributed by atoms with van der Waals surface area (Å²) in [6.45, 7) is 2.01. The summed E-state index contributed by atoms with van der Waals surface area (Å²) in [5, 5.41) is 9.79. The highest BCUT2D eigenvalue weighted by molar-refractivity contribution is 5.90. The van der Waals surface area contributed by atoms with Crippen molar-refractivity contribution in [2.75, 3.05) is 5.73 Å². The van der Waals surface area contributed by atoms with Crippen LogP contribution in [0.15, 0.2) is 67.4 Å². The molecule has 1 aliphatic carbocycles. The second kappa shape index (κ2) is 9.71. The molecule has 0 bridgehead atoms. The molecule has 0 radical (unpaired) electrons. The van der Waals surface area contributed by atoms with Gasteiger partial charge in [-0.15, -0.1) is 0 Å².